The lowest BCUT2D eigenvalue weighted by Crippen LogP contribution is -2.28. The zero-order valence-corrected chi connectivity index (χ0v) is 15.5. The van der Waals surface area contributed by atoms with Gasteiger partial charge in [0.05, 0.1) is 24.3 Å². The zero-order chi connectivity index (χ0) is 19.3. The molecule has 1 amide bonds. The van der Waals surface area contributed by atoms with Crippen molar-refractivity contribution < 1.29 is 23.8 Å². The van der Waals surface area contributed by atoms with Gasteiger partial charge < -0.3 is 15.2 Å². The van der Waals surface area contributed by atoms with Gasteiger partial charge in [-0.25, -0.2) is 4.39 Å². The highest BCUT2D eigenvalue weighted by Gasteiger charge is 2.22. The molecule has 0 aliphatic rings. The van der Waals surface area contributed by atoms with Crippen molar-refractivity contribution in [3.05, 3.63) is 59.4 Å². The third-order valence-corrected chi connectivity index (χ3v) is 4.96. The first-order valence-corrected chi connectivity index (χ1v) is 8.84. The van der Waals surface area contributed by atoms with Crippen LogP contribution in [0, 0.1) is 5.82 Å². The molecule has 0 fully saturated rings. The van der Waals surface area contributed by atoms with E-state index in [0.29, 0.717) is 16.2 Å². The van der Waals surface area contributed by atoms with Gasteiger partial charge in [0.2, 0.25) is 0 Å². The van der Waals surface area contributed by atoms with E-state index >= 15 is 0 Å². The number of methoxy groups -OCH3 is 1. The monoisotopic (exact) mass is 377 g/mol. The van der Waals surface area contributed by atoms with Crippen molar-refractivity contribution in [2.75, 3.05) is 7.11 Å². The molecular formula is C19H20FNO4S. The van der Waals surface area contributed by atoms with E-state index in [0.717, 1.165) is 11.8 Å². The minimum absolute atomic E-state index is 0.257. The molecule has 2 unspecified atom stereocenters. The second kappa shape index (κ2) is 8.71. The normalized spacial score (nSPS) is 12.9. The number of aliphatic carboxylic acids is 1. The number of carboxylic acids is 1. The molecule has 138 valence electrons. The molecule has 0 aromatic heterocycles. The van der Waals surface area contributed by atoms with Crippen LogP contribution in [0.2, 0.25) is 0 Å². The van der Waals surface area contributed by atoms with E-state index in [1.807, 2.05) is 0 Å². The maximum atomic E-state index is 14.2. The van der Waals surface area contributed by atoms with E-state index in [9.17, 15) is 14.0 Å². The number of carbonyl (C=O) groups is 2. The van der Waals surface area contributed by atoms with Gasteiger partial charge in [-0.15, -0.1) is 11.8 Å². The lowest BCUT2D eigenvalue weighted by Gasteiger charge is -2.19. The number of carboxylic acid groups (broad SMARTS) is 1. The van der Waals surface area contributed by atoms with Crippen molar-refractivity contribution in [3.63, 3.8) is 0 Å². The molecule has 0 aliphatic carbocycles. The third-order valence-electron chi connectivity index (χ3n) is 3.80. The summed E-state index contributed by atoms with van der Waals surface area (Å²) >= 11 is 1.08. The minimum Gasteiger partial charge on any atom is -0.496 e. The van der Waals surface area contributed by atoms with E-state index in [2.05, 4.69) is 5.32 Å². The summed E-state index contributed by atoms with van der Waals surface area (Å²) in [4.78, 5) is 24.3. The van der Waals surface area contributed by atoms with Crippen LogP contribution >= 0.6 is 11.8 Å². The highest BCUT2D eigenvalue weighted by atomic mass is 32.2. The Labute approximate surface area is 155 Å². The Morgan fingerprint density at radius 1 is 1.15 bits per heavy atom. The molecular weight excluding hydrogens is 357 g/mol. The topological polar surface area (TPSA) is 75.6 Å². The lowest BCUT2D eigenvalue weighted by atomic mass is 10.1. The van der Waals surface area contributed by atoms with Crippen molar-refractivity contribution in [3.8, 4) is 5.75 Å². The van der Waals surface area contributed by atoms with Crippen LogP contribution in [0.3, 0.4) is 0 Å². The molecule has 0 heterocycles. The number of thioether (sulfide) groups is 1. The third kappa shape index (κ3) is 4.54. The smallest absolute Gasteiger partial charge is 0.316 e. The number of ether oxygens (including phenoxy) is 1. The number of hydrogen-bond acceptors (Lipinski definition) is 4. The summed E-state index contributed by atoms with van der Waals surface area (Å²) in [6.45, 7) is 3.21. The first-order chi connectivity index (χ1) is 12.3. The Balaban J connectivity index is 2.24. The number of rotatable bonds is 7. The average Bonchev–Trinajstić information content (AvgIpc) is 2.61. The number of amides is 1. The number of hydrogen-bond donors (Lipinski definition) is 2. The maximum Gasteiger partial charge on any atom is 0.316 e. The Morgan fingerprint density at radius 3 is 2.50 bits per heavy atom. The van der Waals surface area contributed by atoms with E-state index in [-0.39, 0.29) is 5.56 Å². The zero-order valence-electron chi connectivity index (χ0n) is 14.7. The molecule has 0 radical (unpaired) electrons. The van der Waals surface area contributed by atoms with Gasteiger partial charge in [-0.2, -0.15) is 0 Å². The number of benzene rings is 2. The fourth-order valence-electron chi connectivity index (χ4n) is 2.46. The predicted molar refractivity (Wildman–Crippen MR) is 98.2 cm³/mol. The first kappa shape index (κ1) is 19.8. The van der Waals surface area contributed by atoms with Crippen LogP contribution in [0.25, 0.3) is 0 Å². The lowest BCUT2D eigenvalue weighted by molar-refractivity contribution is -0.136. The van der Waals surface area contributed by atoms with Gasteiger partial charge in [0, 0.05) is 4.90 Å². The summed E-state index contributed by atoms with van der Waals surface area (Å²) in [7, 11) is 1.44. The predicted octanol–water partition coefficient (Wildman–Crippen LogP) is 3.89. The van der Waals surface area contributed by atoms with Gasteiger partial charge in [-0.3, -0.25) is 9.59 Å². The summed E-state index contributed by atoms with van der Waals surface area (Å²) in [5.74, 6) is -1.50. The molecule has 26 heavy (non-hydrogen) atoms. The van der Waals surface area contributed by atoms with Gasteiger partial charge in [0.1, 0.15) is 16.8 Å². The summed E-state index contributed by atoms with van der Waals surface area (Å²) < 4.78 is 19.4. The molecule has 2 aromatic rings. The highest BCUT2D eigenvalue weighted by Crippen LogP contribution is 2.30. The summed E-state index contributed by atoms with van der Waals surface area (Å²) in [6.07, 6.45) is 0. The van der Waals surface area contributed by atoms with Crippen LogP contribution in [0.4, 0.5) is 4.39 Å². The Morgan fingerprint density at radius 2 is 1.85 bits per heavy atom. The Hall–Kier alpha value is -2.54. The maximum absolute atomic E-state index is 14.2. The van der Waals surface area contributed by atoms with Gasteiger partial charge in [0.15, 0.2) is 0 Å². The summed E-state index contributed by atoms with van der Waals surface area (Å²) in [5, 5.41) is 11.1. The van der Waals surface area contributed by atoms with E-state index in [1.54, 1.807) is 44.2 Å². The van der Waals surface area contributed by atoms with Gasteiger partial charge in [-0.05, 0) is 38.1 Å². The van der Waals surface area contributed by atoms with Crippen LogP contribution < -0.4 is 10.1 Å². The largest absolute Gasteiger partial charge is 0.496 e. The standard InChI is InChI=1S/C19H20FNO4S/c1-11(17-14(20)8-6-9-15(17)25-3)21-18(22)13-7-4-5-10-16(13)26-12(2)19(23)24/h4-12H,1-3H3,(H,21,22)(H,23,24). The fraction of sp³-hybridized carbons (Fsp3) is 0.263. The molecule has 0 aliphatic heterocycles. The van der Waals surface area contributed by atoms with E-state index in [1.165, 1.54) is 19.2 Å². The second-order valence-corrected chi connectivity index (χ2v) is 7.03. The first-order valence-electron chi connectivity index (χ1n) is 7.97. The van der Waals surface area contributed by atoms with Gasteiger partial charge in [-0.1, -0.05) is 18.2 Å². The SMILES string of the molecule is COc1cccc(F)c1C(C)NC(=O)c1ccccc1SC(C)C(=O)O. The quantitative estimate of drug-likeness (QED) is 0.716. The molecule has 2 N–H and O–H groups in total. The Kier molecular flexibility index (Phi) is 6.63. The van der Waals surface area contributed by atoms with Gasteiger partial charge >= 0.3 is 5.97 Å². The summed E-state index contributed by atoms with van der Waals surface area (Å²) in [6, 6.07) is 10.6. The number of halogens is 1. The van der Waals surface area contributed by atoms with E-state index in [4.69, 9.17) is 9.84 Å². The minimum atomic E-state index is -0.963. The number of carbonyl (C=O) groups excluding carboxylic acids is 1. The molecule has 7 heteroatoms. The van der Waals surface area contributed by atoms with Crippen LogP contribution in [-0.2, 0) is 4.79 Å². The van der Waals surface area contributed by atoms with Crippen LogP contribution in [0.15, 0.2) is 47.4 Å². The average molecular weight is 377 g/mol. The molecule has 2 aromatic carbocycles. The van der Waals surface area contributed by atoms with Gasteiger partial charge in [0.25, 0.3) is 5.91 Å². The molecule has 2 rings (SSSR count). The van der Waals surface area contributed by atoms with Crippen LogP contribution in [0.1, 0.15) is 35.8 Å². The number of nitrogens with one attached hydrogen (secondary N) is 1. The second-order valence-electron chi connectivity index (χ2n) is 5.65. The van der Waals surface area contributed by atoms with Crippen molar-refractivity contribution in [1.82, 2.24) is 5.32 Å². The fourth-order valence-corrected chi connectivity index (χ4v) is 3.39. The van der Waals surface area contributed by atoms with Crippen LogP contribution in [-0.4, -0.2) is 29.3 Å². The van der Waals surface area contributed by atoms with Crippen molar-refractivity contribution in [2.45, 2.75) is 30.0 Å². The molecule has 0 saturated carbocycles. The summed E-state index contributed by atoms with van der Waals surface area (Å²) in [5.41, 5.74) is 0.597. The van der Waals surface area contributed by atoms with Crippen molar-refractivity contribution in [1.29, 1.82) is 0 Å². The van der Waals surface area contributed by atoms with Crippen LogP contribution in [0.5, 0.6) is 5.75 Å². The molecule has 0 spiro atoms. The highest BCUT2D eigenvalue weighted by molar-refractivity contribution is 8.00. The Bertz CT molecular complexity index is 812. The van der Waals surface area contributed by atoms with Crippen molar-refractivity contribution in [2.24, 2.45) is 0 Å². The molecule has 5 nitrogen and oxygen atoms in total. The molecule has 2 atom stereocenters. The van der Waals surface area contributed by atoms with E-state index < -0.39 is 29.0 Å². The van der Waals surface area contributed by atoms with Crippen molar-refractivity contribution >= 4 is 23.6 Å². The molecule has 0 saturated heterocycles. The molecule has 0 bridgehead atoms.